The van der Waals surface area contributed by atoms with Crippen molar-refractivity contribution in [2.45, 2.75) is 31.4 Å². The maximum atomic E-state index is 5.47. The fraction of sp³-hybridized carbons (Fsp3) is 0.538. The molecule has 1 aliphatic rings. The Morgan fingerprint density at radius 3 is 2.93 bits per heavy atom. The molecule has 0 atom stereocenters. The molecule has 82 valence electrons. The zero-order chi connectivity index (χ0) is 10.5. The average molecular weight is 221 g/mol. The summed E-state index contributed by atoms with van der Waals surface area (Å²) in [6.07, 6.45) is 5.06. The van der Waals surface area contributed by atoms with Crippen LogP contribution in [-0.4, -0.2) is 12.3 Å². The molecule has 0 saturated heterocycles. The molecule has 1 aliphatic carbocycles. The molecule has 15 heavy (non-hydrogen) atoms. The van der Waals surface area contributed by atoms with Crippen molar-refractivity contribution in [1.29, 1.82) is 0 Å². The summed E-state index contributed by atoms with van der Waals surface area (Å²) in [6, 6.07) is 7.01. The minimum atomic E-state index is 0.817. The lowest BCUT2D eigenvalue weighted by atomic mass is 10.1. The second-order valence-corrected chi connectivity index (χ2v) is 5.26. The monoisotopic (exact) mass is 221 g/mol. The lowest BCUT2D eigenvalue weighted by molar-refractivity contribution is 0.911. The van der Waals surface area contributed by atoms with E-state index in [1.165, 1.54) is 30.6 Å². The molecule has 1 nitrogen and oxygen atoms in total. The van der Waals surface area contributed by atoms with Crippen LogP contribution in [0.5, 0.6) is 0 Å². The normalized spacial score (nSPS) is 14.2. The quantitative estimate of drug-likeness (QED) is 0.774. The molecule has 2 rings (SSSR count). The predicted octanol–water partition coefficient (Wildman–Crippen LogP) is 2.76. The zero-order valence-electron chi connectivity index (χ0n) is 9.17. The van der Waals surface area contributed by atoms with E-state index in [2.05, 4.69) is 18.2 Å². The first kappa shape index (κ1) is 11.0. The highest BCUT2D eigenvalue weighted by molar-refractivity contribution is 7.98. The van der Waals surface area contributed by atoms with Crippen molar-refractivity contribution in [3.05, 3.63) is 34.9 Å². The molecule has 0 bridgehead atoms. The Kier molecular flexibility index (Phi) is 4.09. The molecule has 1 aromatic rings. The molecule has 2 N–H and O–H groups in total. The Morgan fingerprint density at radius 2 is 2.07 bits per heavy atom. The minimum absolute atomic E-state index is 0.817. The van der Waals surface area contributed by atoms with Gasteiger partial charge in [-0.2, -0.15) is 11.8 Å². The average Bonchev–Trinajstić information content (AvgIpc) is 2.71. The molecule has 0 radical (unpaired) electrons. The van der Waals surface area contributed by atoms with Crippen LogP contribution in [0.1, 0.15) is 29.5 Å². The highest BCUT2D eigenvalue weighted by atomic mass is 32.2. The Labute approximate surface area is 96.4 Å². The first-order valence-corrected chi connectivity index (χ1v) is 6.94. The van der Waals surface area contributed by atoms with Gasteiger partial charge in [0.1, 0.15) is 0 Å². The van der Waals surface area contributed by atoms with E-state index in [-0.39, 0.29) is 0 Å². The van der Waals surface area contributed by atoms with Crippen LogP contribution in [0.2, 0.25) is 0 Å². The van der Waals surface area contributed by atoms with Gasteiger partial charge in [-0.05, 0) is 54.7 Å². The molecular weight excluding hydrogens is 202 g/mol. The van der Waals surface area contributed by atoms with Crippen molar-refractivity contribution in [1.82, 2.24) is 0 Å². The summed E-state index contributed by atoms with van der Waals surface area (Å²) < 4.78 is 0. The smallest absolute Gasteiger partial charge is 0.0184 e. The third-order valence-corrected chi connectivity index (χ3v) is 4.04. The molecule has 0 saturated carbocycles. The minimum Gasteiger partial charge on any atom is -0.330 e. The number of nitrogens with two attached hydrogens (primary N) is 1. The van der Waals surface area contributed by atoms with Gasteiger partial charge in [0.05, 0.1) is 0 Å². The highest BCUT2D eigenvalue weighted by Gasteiger charge is 2.10. The van der Waals surface area contributed by atoms with Crippen LogP contribution in [-0.2, 0) is 18.6 Å². The second kappa shape index (κ2) is 5.57. The van der Waals surface area contributed by atoms with E-state index in [0.717, 1.165) is 18.7 Å². The van der Waals surface area contributed by atoms with E-state index in [0.29, 0.717) is 0 Å². The molecule has 1 aromatic carbocycles. The molecule has 0 heterocycles. The molecule has 0 aromatic heterocycles. The molecule has 0 fully saturated rings. The van der Waals surface area contributed by atoms with Crippen LogP contribution in [0.3, 0.4) is 0 Å². The van der Waals surface area contributed by atoms with Gasteiger partial charge in [0.25, 0.3) is 0 Å². The zero-order valence-corrected chi connectivity index (χ0v) is 9.98. The number of fused-ring (bicyclic) bond motifs is 1. The largest absolute Gasteiger partial charge is 0.330 e. The fourth-order valence-electron chi connectivity index (χ4n) is 2.09. The van der Waals surface area contributed by atoms with Gasteiger partial charge >= 0.3 is 0 Å². The van der Waals surface area contributed by atoms with Crippen LogP contribution in [0.4, 0.5) is 0 Å². The van der Waals surface area contributed by atoms with E-state index >= 15 is 0 Å². The third kappa shape index (κ3) is 2.99. The summed E-state index contributed by atoms with van der Waals surface area (Å²) in [4.78, 5) is 0. The summed E-state index contributed by atoms with van der Waals surface area (Å²) in [5.74, 6) is 2.33. The summed E-state index contributed by atoms with van der Waals surface area (Å²) in [7, 11) is 0. The second-order valence-electron chi connectivity index (χ2n) is 4.15. The molecule has 0 unspecified atom stereocenters. The first-order valence-electron chi connectivity index (χ1n) is 5.78. The summed E-state index contributed by atoms with van der Waals surface area (Å²) >= 11 is 2.00. The number of thioether (sulfide) groups is 1. The lowest BCUT2D eigenvalue weighted by Crippen LogP contribution is -1.99. The third-order valence-electron chi connectivity index (χ3n) is 2.92. The van der Waals surface area contributed by atoms with E-state index in [1.807, 2.05) is 11.8 Å². The Bertz CT molecular complexity index is 322. The van der Waals surface area contributed by atoms with Crippen molar-refractivity contribution in [3.63, 3.8) is 0 Å². The molecule has 2 heteroatoms. The summed E-state index contributed by atoms with van der Waals surface area (Å²) in [5.41, 5.74) is 10.1. The number of benzene rings is 1. The molecule has 0 spiro atoms. The van der Waals surface area contributed by atoms with Gasteiger partial charge in [-0.3, -0.25) is 0 Å². The summed E-state index contributed by atoms with van der Waals surface area (Å²) in [5, 5.41) is 0. The Hall–Kier alpha value is -0.470. The van der Waals surface area contributed by atoms with Crippen LogP contribution in [0, 0.1) is 0 Å². The number of hydrogen-bond donors (Lipinski definition) is 1. The van der Waals surface area contributed by atoms with Gasteiger partial charge in [-0.25, -0.2) is 0 Å². The van der Waals surface area contributed by atoms with Crippen molar-refractivity contribution >= 4 is 11.8 Å². The molecule has 0 aliphatic heterocycles. The van der Waals surface area contributed by atoms with Crippen LogP contribution < -0.4 is 5.73 Å². The van der Waals surface area contributed by atoms with Gasteiger partial charge in [-0.1, -0.05) is 18.2 Å². The van der Waals surface area contributed by atoms with Crippen molar-refractivity contribution in [2.24, 2.45) is 5.73 Å². The number of hydrogen-bond acceptors (Lipinski definition) is 2. The molecular formula is C13H19NS. The number of aryl methyl sites for hydroxylation is 2. The topological polar surface area (TPSA) is 26.0 Å². The highest BCUT2D eigenvalue weighted by Crippen LogP contribution is 2.24. The van der Waals surface area contributed by atoms with Gasteiger partial charge < -0.3 is 5.73 Å². The van der Waals surface area contributed by atoms with Crippen molar-refractivity contribution in [2.75, 3.05) is 12.3 Å². The van der Waals surface area contributed by atoms with E-state index in [1.54, 1.807) is 11.1 Å². The summed E-state index contributed by atoms with van der Waals surface area (Å²) in [6.45, 7) is 0.817. The SMILES string of the molecule is NCCCSCc1ccc2c(c1)CCC2. The standard InChI is InChI=1S/C13H19NS/c14-7-2-8-15-10-11-5-6-12-3-1-4-13(12)9-11/h5-6,9H,1-4,7-8,10,14H2. The van der Waals surface area contributed by atoms with E-state index in [9.17, 15) is 0 Å². The van der Waals surface area contributed by atoms with Gasteiger partial charge in [0.15, 0.2) is 0 Å². The van der Waals surface area contributed by atoms with Gasteiger partial charge in [-0.15, -0.1) is 0 Å². The van der Waals surface area contributed by atoms with Crippen LogP contribution in [0.15, 0.2) is 18.2 Å². The van der Waals surface area contributed by atoms with E-state index in [4.69, 9.17) is 5.73 Å². The maximum absolute atomic E-state index is 5.47. The Morgan fingerprint density at radius 1 is 1.20 bits per heavy atom. The van der Waals surface area contributed by atoms with Gasteiger partial charge in [0.2, 0.25) is 0 Å². The van der Waals surface area contributed by atoms with E-state index < -0.39 is 0 Å². The maximum Gasteiger partial charge on any atom is 0.0184 e. The number of rotatable bonds is 5. The van der Waals surface area contributed by atoms with Crippen LogP contribution >= 0.6 is 11.8 Å². The molecule has 0 amide bonds. The lowest BCUT2D eigenvalue weighted by Gasteiger charge is -2.04. The van der Waals surface area contributed by atoms with Crippen molar-refractivity contribution in [3.8, 4) is 0 Å². The van der Waals surface area contributed by atoms with Crippen LogP contribution in [0.25, 0.3) is 0 Å². The fourth-order valence-corrected chi connectivity index (χ4v) is 3.02. The first-order chi connectivity index (χ1) is 7.40. The Balaban J connectivity index is 1.87. The van der Waals surface area contributed by atoms with Crippen molar-refractivity contribution < 1.29 is 0 Å². The van der Waals surface area contributed by atoms with Gasteiger partial charge in [0, 0.05) is 5.75 Å². The predicted molar refractivity (Wildman–Crippen MR) is 68.3 cm³/mol.